The lowest BCUT2D eigenvalue weighted by atomic mass is 10.4. The number of benzene rings is 3. The van der Waals surface area contributed by atoms with Crippen molar-refractivity contribution in [2.45, 2.75) is 0 Å². The van der Waals surface area contributed by atoms with E-state index in [1.165, 1.54) is 28.2 Å². The van der Waals surface area contributed by atoms with Crippen LogP contribution in [0, 0.1) is 0 Å². The summed E-state index contributed by atoms with van der Waals surface area (Å²) in [5.41, 5.74) is 5.91. The van der Waals surface area contributed by atoms with Crippen LogP contribution in [0.5, 0.6) is 0 Å². The Balaban J connectivity index is 1.60. The van der Waals surface area contributed by atoms with Crippen LogP contribution in [-0.2, 0) is 0 Å². The first kappa shape index (κ1) is 21.2. The number of hydrogen-bond acceptors (Lipinski definition) is 2. The third-order valence-electron chi connectivity index (χ3n) is 4.75. The first-order chi connectivity index (χ1) is 13.9. The Morgan fingerprint density at radius 1 is 0.679 bits per heavy atom. The van der Waals surface area contributed by atoms with Crippen LogP contribution in [0.4, 0.5) is 0 Å². The van der Waals surface area contributed by atoms with E-state index in [0.29, 0.717) is 0 Å². The van der Waals surface area contributed by atoms with E-state index in [4.69, 9.17) is 5.73 Å². The van der Waals surface area contributed by atoms with Gasteiger partial charge in [0.1, 0.15) is 0 Å². The summed E-state index contributed by atoms with van der Waals surface area (Å²) in [5, 5.41) is 4.37. The van der Waals surface area contributed by atoms with Gasteiger partial charge in [-0.05, 0) is 36.2 Å². The molecule has 3 aromatic rings. The molecular weight excluding hydrogens is 378 g/mol. The summed E-state index contributed by atoms with van der Waals surface area (Å²) in [6.45, 7) is 3.93. The normalized spacial score (nSPS) is 11.7. The van der Waals surface area contributed by atoms with Gasteiger partial charge >= 0.3 is 0 Å². The third-order valence-corrected chi connectivity index (χ3v) is 8.46. The molecule has 0 saturated heterocycles. The second-order valence-corrected chi connectivity index (χ2v) is 10.5. The Morgan fingerprint density at radius 3 is 1.75 bits per heavy atom. The van der Waals surface area contributed by atoms with Crippen LogP contribution in [0.2, 0.25) is 0 Å². The van der Waals surface area contributed by atoms with Gasteiger partial charge in [-0.3, -0.25) is 0 Å². The van der Waals surface area contributed by atoms with E-state index in [2.05, 4.69) is 95.9 Å². The van der Waals surface area contributed by atoms with Crippen LogP contribution in [0.15, 0.2) is 91.0 Å². The van der Waals surface area contributed by atoms with Crippen LogP contribution in [0.3, 0.4) is 0 Å². The molecule has 1 unspecified atom stereocenters. The highest BCUT2D eigenvalue weighted by Crippen LogP contribution is 2.33. The zero-order chi connectivity index (χ0) is 19.4. The van der Waals surface area contributed by atoms with E-state index < -0.39 is 0 Å². The molecule has 28 heavy (non-hydrogen) atoms. The summed E-state index contributed by atoms with van der Waals surface area (Å²) in [7, 11) is 0.536. The van der Waals surface area contributed by atoms with Gasteiger partial charge in [0.05, 0.1) is 0 Å². The van der Waals surface area contributed by atoms with Gasteiger partial charge in [-0.25, -0.2) is 0 Å². The largest absolute Gasteiger partial charge is 0.329 e. The van der Waals surface area contributed by atoms with Crippen molar-refractivity contribution in [3.63, 3.8) is 0 Å². The van der Waals surface area contributed by atoms with Crippen molar-refractivity contribution >= 4 is 32.4 Å². The van der Waals surface area contributed by atoms with Crippen molar-refractivity contribution in [2.24, 2.45) is 5.73 Å². The quantitative estimate of drug-likeness (QED) is 0.493. The van der Waals surface area contributed by atoms with Crippen molar-refractivity contribution in [3.8, 4) is 0 Å². The summed E-state index contributed by atoms with van der Waals surface area (Å²) in [6.07, 6.45) is 2.39. The van der Waals surface area contributed by atoms with Crippen molar-refractivity contribution < 1.29 is 0 Å². The molecular formula is C24H30N2P2. The minimum atomic E-state index is -0.333. The molecule has 1 atom stereocenters. The number of nitrogens with two attached hydrogens (primary N) is 1. The second kappa shape index (κ2) is 12.1. The summed E-state index contributed by atoms with van der Waals surface area (Å²) >= 11 is 0. The Hall–Kier alpha value is -1.56. The molecule has 0 aliphatic rings. The molecule has 0 spiro atoms. The Kier molecular flexibility index (Phi) is 9.14. The van der Waals surface area contributed by atoms with Gasteiger partial charge in [-0.1, -0.05) is 99.6 Å². The maximum absolute atomic E-state index is 5.91. The van der Waals surface area contributed by atoms with Gasteiger partial charge in [-0.2, -0.15) is 0 Å². The zero-order valence-electron chi connectivity index (χ0n) is 16.4. The molecule has 2 nitrogen and oxygen atoms in total. The molecule has 3 aromatic carbocycles. The fourth-order valence-electron chi connectivity index (χ4n) is 3.30. The maximum Gasteiger partial charge on any atom is 0.0105 e. The van der Waals surface area contributed by atoms with Gasteiger partial charge in [0, 0.05) is 26.2 Å². The molecule has 0 aliphatic heterocycles. The molecule has 3 rings (SSSR count). The van der Waals surface area contributed by atoms with E-state index >= 15 is 0 Å². The van der Waals surface area contributed by atoms with E-state index in [9.17, 15) is 0 Å². The van der Waals surface area contributed by atoms with Crippen molar-refractivity contribution in [2.75, 3.05) is 38.5 Å². The van der Waals surface area contributed by atoms with E-state index in [-0.39, 0.29) is 7.92 Å². The monoisotopic (exact) mass is 408 g/mol. The van der Waals surface area contributed by atoms with Gasteiger partial charge < -0.3 is 10.6 Å². The van der Waals surface area contributed by atoms with Crippen molar-refractivity contribution in [3.05, 3.63) is 91.0 Å². The molecule has 0 radical (unpaired) electrons. The average molecular weight is 408 g/mol. The van der Waals surface area contributed by atoms with Crippen LogP contribution in [0.1, 0.15) is 0 Å². The summed E-state index contributed by atoms with van der Waals surface area (Å²) in [5.74, 6) is 0. The fraction of sp³-hybridized carbons (Fsp3) is 0.250. The van der Waals surface area contributed by atoms with Gasteiger partial charge in [0.15, 0.2) is 0 Å². The summed E-state index contributed by atoms with van der Waals surface area (Å²) in [4.78, 5) is 2.55. The highest BCUT2D eigenvalue weighted by molar-refractivity contribution is 7.73. The first-order valence-electron chi connectivity index (χ1n) is 9.96. The van der Waals surface area contributed by atoms with Crippen LogP contribution in [-0.4, -0.2) is 43.4 Å². The topological polar surface area (TPSA) is 29.3 Å². The lowest BCUT2D eigenvalue weighted by Crippen LogP contribution is -2.34. The first-order valence-corrected chi connectivity index (χ1v) is 12.7. The molecule has 4 heteroatoms. The SMILES string of the molecule is NCCN(CCPc1ccccc1)CCP(c1ccccc1)c1ccccc1. The lowest BCUT2D eigenvalue weighted by molar-refractivity contribution is 0.317. The Bertz CT molecular complexity index is 742. The minimum Gasteiger partial charge on any atom is -0.329 e. The van der Waals surface area contributed by atoms with Crippen molar-refractivity contribution in [1.29, 1.82) is 0 Å². The Labute approximate surface area is 172 Å². The predicted octanol–water partition coefficient (Wildman–Crippen LogP) is 3.38. The van der Waals surface area contributed by atoms with Crippen LogP contribution >= 0.6 is 16.5 Å². The summed E-state index contributed by atoms with van der Waals surface area (Å²) in [6, 6.07) is 32.8. The van der Waals surface area contributed by atoms with Gasteiger partial charge in [0.2, 0.25) is 0 Å². The standard InChI is InChI=1S/C24H30N2P2/c25-16-17-26(18-20-27-22-10-4-1-5-11-22)19-21-28(23-12-6-2-7-13-23)24-14-8-3-9-15-24/h1-15,27H,16-21,25H2. The number of nitrogens with zero attached hydrogens (tertiary/aromatic N) is 1. The van der Waals surface area contributed by atoms with E-state index in [1.807, 2.05) is 0 Å². The van der Waals surface area contributed by atoms with Crippen LogP contribution in [0.25, 0.3) is 0 Å². The Morgan fingerprint density at radius 2 is 1.21 bits per heavy atom. The second-order valence-electron chi connectivity index (χ2n) is 6.75. The molecule has 0 fully saturated rings. The highest BCUT2D eigenvalue weighted by Gasteiger charge is 2.15. The lowest BCUT2D eigenvalue weighted by Gasteiger charge is -2.25. The van der Waals surface area contributed by atoms with E-state index in [1.54, 1.807) is 0 Å². The minimum absolute atomic E-state index is 0.333. The molecule has 0 heterocycles. The fourth-order valence-corrected chi connectivity index (χ4v) is 6.80. The third kappa shape index (κ3) is 6.80. The van der Waals surface area contributed by atoms with Crippen molar-refractivity contribution in [1.82, 2.24) is 4.90 Å². The number of rotatable bonds is 11. The maximum atomic E-state index is 5.91. The molecule has 0 saturated carbocycles. The zero-order valence-corrected chi connectivity index (χ0v) is 18.3. The average Bonchev–Trinajstić information content (AvgIpc) is 2.76. The van der Waals surface area contributed by atoms with Gasteiger partial charge in [-0.15, -0.1) is 0 Å². The number of hydrogen-bond donors (Lipinski definition) is 1. The summed E-state index contributed by atoms with van der Waals surface area (Å²) < 4.78 is 0. The van der Waals surface area contributed by atoms with Crippen LogP contribution < -0.4 is 21.6 Å². The predicted molar refractivity (Wildman–Crippen MR) is 129 cm³/mol. The molecule has 146 valence electrons. The van der Waals surface area contributed by atoms with Gasteiger partial charge in [0.25, 0.3) is 0 Å². The highest BCUT2D eigenvalue weighted by atomic mass is 31.1. The molecule has 0 aliphatic carbocycles. The van der Waals surface area contributed by atoms with E-state index in [0.717, 1.165) is 34.8 Å². The molecule has 0 aromatic heterocycles. The smallest absolute Gasteiger partial charge is 0.0105 e. The molecule has 0 bridgehead atoms. The molecule has 2 N–H and O–H groups in total. The molecule has 0 amide bonds.